The van der Waals surface area contributed by atoms with Crippen LogP contribution in [0.1, 0.15) is 18.4 Å². The van der Waals surface area contributed by atoms with E-state index in [9.17, 15) is 4.79 Å². The number of methoxy groups -OCH3 is 1. The zero-order chi connectivity index (χ0) is 19.8. The third-order valence-electron chi connectivity index (χ3n) is 4.36. The average Bonchev–Trinajstić information content (AvgIpc) is 3.24. The zero-order valence-electron chi connectivity index (χ0n) is 15.8. The van der Waals surface area contributed by atoms with Gasteiger partial charge in [0, 0.05) is 13.2 Å². The van der Waals surface area contributed by atoms with Crippen LogP contribution in [-0.4, -0.2) is 38.9 Å². The number of amides is 1. The molecule has 0 spiro atoms. The second kappa shape index (κ2) is 10.2. The number of halogens is 1. The lowest BCUT2D eigenvalue weighted by molar-refractivity contribution is -0.123. The summed E-state index contributed by atoms with van der Waals surface area (Å²) >= 11 is 6.01. The quantitative estimate of drug-likeness (QED) is 0.690. The minimum atomic E-state index is -0.238. The maximum Gasteiger partial charge on any atom is 0.258 e. The maximum absolute atomic E-state index is 12.0. The van der Waals surface area contributed by atoms with Crippen molar-refractivity contribution in [3.05, 3.63) is 53.1 Å². The Balaban J connectivity index is 1.48. The van der Waals surface area contributed by atoms with Crippen LogP contribution >= 0.6 is 11.6 Å². The van der Waals surface area contributed by atoms with Crippen molar-refractivity contribution in [2.75, 3.05) is 26.9 Å². The fourth-order valence-electron chi connectivity index (χ4n) is 2.86. The van der Waals surface area contributed by atoms with E-state index >= 15 is 0 Å². The molecule has 1 amide bonds. The third-order valence-corrected chi connectivity index (χ3v) is 4.67. The molecule has 2 aromatic rings. The SMILES string of the molecule is COc1cc(CNC(=O)COc2ccccc2Cl)ccc1OCC1CCCO1. The summed E-state index contributed by atoms with van der Waals surface area (Å²) in [4.78, 5) is 12.0. The molecule has 150 valence electrons. The Bertz CT molecular complexity index is 792. The van der Waals surface area contributed by atoms with Crippen molar-refractivity contribution < 1.29 is 23.7 Å². The summed E-state index contributed by atoms with van der Waals surface area (Å²) < 4.78 is 22.2. The first-order valence-corrected chi connectivity index (χ1v) is 9.59. The largest absolute Gasteiger partial charge is 0.493 e. The zero-order valence-corrected chi connectivity index (χ0v) is 16.5. The molecular formula is C21H24ClNO5. The summed E-state index contributed by atoms with van der Waals surface area (Å²) in [6, 6.07) is 12.6. The van der Waals surface area contributed by atoms with E-state index in [0.717, 1.165) is 25.0 Å². The Labute approximate surface area is 169 Å². The molecule has 1 fully saturated rings. The summed E-state index contributed by atoms with van der Waals surface area (Å²) in [5, 5.41) is 3.28. The van der Waals surface area contributed by atoms with Gasteiger partial charge in [-0.2, -0.15) is 0 Å². The molecule has 0 radical (unpaired) electrons. The van der Waals surface area contributed by atoms with Gasteiger partial charge in [-0.1, -0.05) is 29.8 Å². The lowest BCUT2D eigenvalue weighted by Crippen LogP contribution is -2.28. The number of carbonyl (C=O) groups excluding carboxylic acids is 1. The number of hydrogen-bond acceptors (Lipinski definition) is 5. The number of para-hydroxylation sites is 1. The molecule has 1 heterocycles. The predicted molar refractivity (Wildman–Crippen MR) is 106 cm³/mol. The van der Waals surface area contributed by atoms with Crippen LogP contribution in [0.5, 0.6) is 17.2 Å². The van der Waals surface area contributed by atoms with E-state index in [-0.39, 0.29) is 18.6 Å². The molecule has 1 aliphatic heterocycles. The minimum absolute atomic E-state index is 0.108. The number of rotatable bonds is 9. The van der Waals surface area contributed by atoms with Crippen molar-refractivity contribution in [2.24, 2.45) is 0 Å². The van der Waals surface area contributed by atoms with Crippen LogP contribution in [0.4, 0.5) is 0 Å². The summed E-state index contributed by atoms with van der Waals surface area (Å²) in [6.07, 6.45) is 2.23. The Morgan fingerprint density at radius 1 is 1.18 bits per heavy atom. The van der Waals surface area contributed by atoms with Crippen molar-refractivity contribution in [3.63, 3.8) is 0 Å². The van der Waals surface area contributed by atoms with E-state index in [1.807, 2.05) is 18.2 Å². The highest BCUT2D eigenvalue weighted by Gasteiger charge is 2.17. The van der Waals surface area contributed by atoms with Gasteiger partial charge in [-0.3, -0.25) is 4.79 Å². The molecule has 1 saturated heterocycles. The number of benzene rings is 2. The van der Waals surface area contributed by atoms with Gasteiger partial charge in [-0.15, -0.1) is 0 Å². The van der Waals surface area contributed by atoms with Crippen molar-refractivity contribution in [2.45, 2.75) is 25.5 Å². The Kier molecular flexibility index (Phi) is 7.39. The molecule has 1 unspecified atom stereocenters. The van der Waals surface area contributed by atoms with Gasteiger partial charge in [0.05, 0.1) is 18.2 Å². The van der Waals surface area contributed by atoms with Gasteiger partial charge in [-0.25, -0.2) is 0 Å². The van der Waals surface area contributed by atoms with Crippen LogP contribution in [0, 0.1) is 0 Å². The van der Waals surface area contributed by atoms with Crippen molar-refractivity contribution in [1.29, 1.82) is 0 Å². The molecule has 2 aromatic carbocycles. The van der Waals surface area contributed by atoms with E-state index in [2.05, 4.69) is 5.32 Å². The highest BCUT2D eigenvalue weighted by molar-refractivity contribution is 6.32. The number of nitrogens with one attached hydrogen (secondary N) is 1. The number of hydrogen-bond donors (Lipinski definition) is 1. The predicted octanol–water partition coefficient (Wildman–Crippen LogP) is 3.60. The van der Waals surface area contributed by atoms with Crippen LogP contribution in [0.3, 0.4) is 0 Å². The van der Waals surface area contributed by atoms with E-state index < -0.39 is 0 Å². The molecule has 0 bridgehead atoms. The van der Waals surface area contributed by atoms with E-state index in [1.54, 1.807) is 31.4 Å². The first-order chi connectivity index (χ1) is 13.7. The molecule has 1 N–H and O–H groups in total. The second-order valence-electron chi connectivity index (χ2n) is 6.43. The van der Waals surface area contributed by atoms with Crippen LogP contribution in [-0.2, 0) is 16.1 Å². The molecule has 0 saturated carbocycles. The summed E-state index contributed by atoms with van der Waals surface area (Å²) in [7, 11) is 1.59. The average molecular weight is 406 g/mol. The minimum Gasteiger partial charge on any atom is -0.493 e. The summed E-state index contributed by atoms with van der Waals surface area (Å²) in [6.45, 7) is 1.55. The lowest BCUT2D eigenvalue weighted by Gasteiger charge is -2.15. The van der Waals surface area contributed by atoms with E-state index in [0.29, 0.717) is 35.4 Å². The van der Waals surface area contributed by atoms with Gasteiger partial charge < -0.3 is 24.3 Å². The first-order valence-electron chi connectivity index (χ1n) is 9.21. The topological polar surface area (TPSA) is 66.0 Å². The number of ether oxygens (including phenoxy) is 4. The monoisotopic (exact) mass is 405 g/mol. The molecule has 6 nitrogen and oxygen atoms in total. The second-order valence-corrected chi connectivity index (χ2v) is 6.83. The molecule has 1 aliphatic rings. The van der Waals surface area contributed by atoms with Crippen molar-refractivity contribution in [1.82, 2.24) is 5.32 Å². The number of carbonyl (C=O) groups is 1. The van der Waals surface area contributed by atoms with Gasteiger partial charge in [0.25, 0.3) is 5.91 Å². The normalized spacial score (nSPS) is 15.9. The highest BCUT2D eigenvalue weighted by atomic mass is 35.5. The van der Waals surface area contributed by atoms with Gasteiger partial charge in [0.1, 0.15) is 12.4 Å². The van der Waals surface area contributed by atoms with Crippen molar-refractivity contribution >= 4 is 17.5 Å². The fourth-order valence-corrected chi connectivity index (χ4v) is 3.05. The van der Waals surface area contributed by atoms with Crippen molar-refractivity contribution in [3.8, 4) is 17.2 Å². The van der Waals surface area contributed by atoms with E-state index in [4.69, 9.17) is 30.5 Å². The summed E-state index contributed by atoms with van der Waals surface area (Å²) in [5.74, 6) is 1.53. The van der Waals surface area contributed by atoms with Crippen LogP contribution in [0.2, 0.25) is 5.02 Å². The third kappa shape index (κ3) is 5.78. The molecule has 7 heteroatoms. The molecule has 28 heavy (non-hydrogen) atoms. The molecular weight excluding hydrogens is 382 g/mol. The molecule has 0 aromatic heterocycles. The maximum atomic E-state index is 12.0. The molecule has 0 aliphatic carbocycles. The fraction of sp³-hybridized carbons (Fsp3) is 0.381. The van der Waals surface area contributed by atoms with Gasteiger partial charge in [-0.05, 0) is 42.7 Å². The first kappa shape index (κ1) is 20.3. The van der Waals surface area contributed by atoms with Crippen LogP contribution < -0.4 is 19.5 Å². The van der Waals surface area contributed by atoms with Gasteiger partial charge in [0.2, 0.25) is 0 Å². The molecule has 3 rings (SSSR count). The lowest BCUT2D eigenvalue weighted by atomic mass is 10.2. The van der Waals surface area contributed by atoms with Crippen LogP contribution in [0.25, 0.3) is 0 Å². The van der Waals surface area contributed by atoms with Gasteiger partial charge in [0.15, 0.2) is 18.1 Å². The standard InChI is InChI=1S/C21H24ClNO5/c1-25-20-11-15(8-9-19(20)27-13-16-5-4-10-26-16)12-23-21(24)14-28-18-7-3-2-6-17(18)22/h2-3,6-9,11,16H,4-5,10,12-14H2,1H3,(H,23,24). The van der Waals surface area contributed by atoms with Crippen LogP contribution in [0.15, 0.2) is 42.5 Å². The van der Waals surface area contributed by atoms with Gasteiger partial charge >= 0.3 is 0 Å². The smallest absolute Gasteiger partial charge is 0.258 e. The summed E-state index contributed by atoms with van der Waals surface area (Å²) in [5.41, 5.74) is 0.896. The Morgan fingerprint density at radius 3 is 2.79 bits per heavy atom. The molecule has 1 atom stereocenters. The Morgan fingerprint density at radius 2 is 2.04 bits per heavy atom. The highest BCUT2D eigenvalue weighted by Crippen LogP contribution is 2.29. The van der Waals surface area contributed by atoms with E-state index in [1.165, 1.54) is 0 Å². The Hall–Kier alpha value is -2.44.